The van der Waals surface area contributed by atoms with Crippen molar-refractivity contribution in [3.05, 3.63) is 5.33 Å². The Morgan fingerprint density at radius 3 is 2.00 bits per heavy atom. The second-order valence-electron chi connectivity index (χ2n) is 0.563. The van der Waals surface area contributed by atoms with Crippen molar-refractivity contribution in [2.24, 2.45) is 0 Å². The molecule has 0 fully saturated rings. The molecule has 0 N–H and O–H groups in total. The van der Waals surface area contributed by atoms with Crippen molar-refractivity contribution in [2.75, 3.05) is 0 Å². The summed E-state index contributed by atoms with van der Waals surface area (Å²) in [7, 11) is 0. The molecular weight excluding hydrogens is 181 g/mol. The summed E-state index contributed by atoms with van der Waals surface area (Å²) in [6.07, 6.45) is 1.11. The smallest absolute Gasteiger partial charge is 0 e. The van der Waals surface area contributed by atoms with Gasteiger partial charge in [0.2, 0.25) is 0 Å². The third kappa shape index (κ3) is 11.1. The number of hydrogen-bond donors (Lipinski definition) is 0. The first kappa shape index (κ1) is 9.44. The normalized spacial score (nSPS) is 6.00. The van der Waals surface area contributed by atoms with Crippen LogP contribution in [0.15, 0.2) is 0 Å². The Balaban J connectivity index is 0. The summed E-state index contributed by atoms with van der Waals surface area (Å²) >= 11 is 3.12. The van der Waals surface area contributed by atoms with Crippen molar-refractivity contribution in [3.63, 3.8) is 0 Å². The third-order valence-electron chi connectivity index (χ3n) is 0.154. The van der Waals surface area contributed by atoms with Crippen molar-refractivity contribution in [2.45, 2.75) is 13.3 Å². The minimum Gasteiger partial charge on any atom is -0.320 e. The van der Waals surface area contributed by atoms with Gasteiger partial charge in [-0.25, -0.2) is 0 Å². The molecule has 0 unspecified atom stereocenters. The fourth-order valence-electron chi connectivity index (χ4n) is 0. The maximum absolute atomic E-state index is 3.12. The van der Waals surface area contributed by atoms with Crippen LogP contribution in [0.1, 0.15) is 13.3 Å². The summed E-state index contributed by atoms with van der Waals surface area (Å²) in [4.78, 5) is 0. The largest absolute Gasteiger partial charge is 0.320 e. The SMILES string of the molecule is CC[CH-]Br.[Zn]. The Bertz CT molecular complexity index is 8.85. The van der Waals surface area contributed by atoms with Gasteiger partial charge in [-0.3, -0.25) is 5.33 Å². The average molecular weight is 187 g/mol. The van der Waals surface area contributed by atoms with E-state index in [1.165, 1.54) is 0 Å². The van der Waals surface area contributed by atoms with Gasteiger partial charge in [-0.05, 0) is 0 Å². The van der Waals surface area contributed by atoms with Gasteiger partial charge >= 0.3 is 0 Å². The van der Waals surface area contributed by atoms with Gasteiger partial charge < -0.3 is 15.9 Å². The van der Waals surface area contributed by atoms with Gasteiger partial charge in [0.25, 0.3) is 0 Å². The Hall–Kier alpha value is 1.10. The first-order valence-corrected chi connectivity index (χ1v) is 2.25. The molecule has 0 nitrogen and oxygen atoms in total. The van der Waals surface area contributed by atoms with Crippen LogP contribution in [0.5, 0.6) is 0 Å². The van der Waals surface area contributed by atoms with Crippen molar-refractivity contribution in [1.29, 1.82) is 0 Å². The van der Waals surface area contributed by atoms with Crippen molar-refractivity contribution in [3.8, 4) is 0 Å². The van der Waals surface area contributed by atoms with Crippen LogP contribution >= 0.6 is 15.9 Å². The molecule has 0 heterocycles. The van der Waals surface area contributed by atoms with Crippen LogP contribution in [0.25, 0.3) is 0 Å². The van der Waals surface area contributed by atoms with E-state index in [0.29, 0.717) is 0 Å². The molecule has 2 heteroatoms. The summed E-state index contributed by atoms with van der Waals surface area (Å²) in [6, 6.07) is 0. The van der Waals surface area contributed by atoms with Gasteiger partial charge in [0.05, 0.1) is 0 Å². The summed E-state index contributed by atoms with van der Waals surface area (Å²) in [5.41, 5.74) is 0. The van der Waals surface area contributed by atoms with Gasteiger partial charge in [-0.2, -0.15) is 6.42 Å². The van der Waals surface area contributed by atoms with Crippen molar-refractivity contribution in [1.82, 2.24) is 0 Å². The topological polar surface area (TPSA) is 0 Å². The van der Waals surface area contributed by atoms with Crippen LogP contribution in [0.4, 0.5) is 0 Å². The van der Waals surface area contributed by atoms with E-state index in [2.05, 4.69) is 22.9 Å². The fourth-order valence-corrected chi connectivity index (χ4v) is 0. The van der Waals surface area contributed by atoms with Crippen LogP contribution in [-0.4, -0.2) is 0 Å². The first-order valence-electron chi connectivity index (χ1n) is 1.33. The van der Waals surface area contributed by atoms with Crippen LogP contribution < -0.4 is 0 Å². The second kappa shape index (κ2) is 8.92. The van der Waals surface area contributed by atoms with Gasteiger partial charge in [-0.1, -0.05) is 6.92 Å². The molecule has 0 aromatic carbocycles. The maximum atomic E-state index is 3.12. The minimum absolute atomic E-state index is 0. The molecule has 0 amide bonds. The van der Waals surface area contributed by atoms with Gasteiger partial charge in [0.1, 0.15) is 0 Å². The average Bonchev–Trinajstić information content (AvgIpc) is 1.37. The molecule has 0 rings (SSSR count). The fraction of sp³-hybridized carbons (Fsp3) is 0.667. The summed E-state index contributed by atoms with van der Waals surface area (Å²) in [6.45, 7) is 2.08. The molecule has 5 heavy (non-hydrogen) atoms. The first-order chi connectivity index (χ1) is 1.91. The molecule has 0 aromatic heterocycles. The molecule has 0 aliphatic carbocycles. The molecule has 0 bridgehead atoms. The van der Waals surface area contributed by atoms with E-state index in [9.17, 15) is 0 Å². The molecule has 0 atom stereocenters. The molecule has 0 aliphatic rings. The molecule has 0 radical (unpaired) electrons. The standard InChI is InChI=1S/C3H6Br.Zn/c1-2-3-4;/h3H,2H2,1H3;/q-1;. The van der Waals surface area contributed by atoms with Crippen LogP contribution in [0, 0.1) is 5.33 Å². The Kier molecular flexibility index (Phi) is 16.8. The van der Waals surface area contributed by atoms with E-state index in [1.807, 2.05) is 5.33 Å². The Labute approximate surface area is 54.2 Å². The van der Waals surface area contributed by atoms with Gasteiger partial charge in [0.15, 0.2) is 0 Å². The number of rotatable bonds is 1. The van der Waals surface area contributed by atoms with E-state index < -0.39 is 0 Å². The zero-order chi connectivity index (χ0) is 3.41. The zero-order valence-corrected chi connectivity index (χ0v) is 7.92. The molecule has 0 aliphatic heterocycles. The van der Waals surface area contributed by atoms with E-state index in [-0.39, 0.29) is 19.5 Å². The van der Waals surface area contributed by atoms with E-state index in [0.717, 1.165) is 6.42 Å². The summed E-state index contributed by atoms with van der Waals surface area (Å²) in [5.74, 6) is 0. The molecule has 28 valence electrons. The summed E-state index contributed by atoms with van der Waals surface area (Å²) < 4.78 is 0. The molecule has 0 aromatic rings. The zero-order valence-electron chi connectivity index (χ0n) is 3.37. The van der Waals surface area contributed by atoms with Crippen LogP contribution in [-0.2, 0) is 19.5 Å². The molecule has 0 saturated carbocycles. The van der Waals surface area contributed by atoms with Gasteiger partial charge in [0, 0.05) is 19.5 Å². The quantitative estimate of drug-likeness (QED) is 0.435. The van der Waals surface area contributed by atoms with E-state index in [4.69, 9.17) is 0 Å². The Morgan fingerprint density at radius 2 is 2.00 bits per heavy atom. The van der Waals surface area contributed by atoms with Gasteiger partial charge in [-0.15, -0.1) is 0 Å². The van der Waals surface area contributed by atoms with Crippen molar-refractivity contribution >= 4 is 15.9 Å². The van der Waals surface area contributed by atoms with E-state index in [1.54, 1.807) is 0 Å². The predicted molar refractivity (Wildman–Crippen MR) is 23.5 cm³/mol. The maximum Gasteiger partial charge on any atom is 0 e. The predicted octanol–water partition coefficient (Wildman–Crippen LogP) is 1.95. The molecule has 0 saturated heterocycles. The Morgan fingerprint density at radius 1 is 1.80 bits per heavy atom. The number of hydrogen-bond acceptors (Lipinski definition) is 0. The van der Waals surface area contributed by atoms with Crippen LogP contribution in [0.2, 0.25) is 0 Å². The molecule has 0 spiro atoms. The van der Waals surface area contributed by atoms with Crippen molar-refractivity contribution < 1.29 is 19.5 Å². The monoisotopic (exact) mass is 185 g/mol. The summed E-state index contributed by atoms with van der Waals surface area (Å²) in [5, 5.41) is 1.94. The minimum atomic E-state index is 0. The third-order valence-corrected chi connectivity index (χ3v) is 0.802. The molecular formula is C3H6BrZn-. The number of halogens is 1. The van der Waals surface area contributed by atoms with Crippen LogP contribution in [0.3, 0.4) is 0 Å². The van der Waals surface area contributed by atoms with E-state index >= 15 is 0 Å². The second-order valence-corrected chi connectivity index (χ2v) is 1.21.